The summed E-state index contributed by atoms with van der Waals surface area (Å²) >= 11 is 0. The Kier molecular flexibility index (Phi) is 11.6. The number of benzene rings is 1. The van der Waals surface area contributed by atoms with Crippen molar-refractivity contribution in [2.75, 3.05) is 5.75 Å². The van der Waals surface area contributed by atoms with E-state index >= 15 is 0 Å². The van der Waals surface area contributed by atoms with E-state index in [4.69, 9.17) is 0 Å². The first kappa shape index (κ1) is 34.1. The van der Waals surface area contributed by atoms with Crippen LogP contribution in [-0.4, -0.2) is 75.2 Å². The highest BCUT2D eigenvalue weighted by Crippen LogP contribution is 2.36. The molecule has 11 heteroatoms. The zero-order valence-corrected chi connectivity index (χ0v) is 27.1. The van der Waals surface area contributed by atoms with Gasteiger partial charge in [0.25, 0.3) is 0 Å². The highest BCUT2D eigenvalue weighted by Gasteiger charge is 2.41. The van der Waals surface area contributed by atoms with Crippen molar-refractivity contribution in [3.63, 3.8) is 0 Å². The van der Waals surface area contributed by atoms with E-state index in [2.05, 4.69) is 20.6 Å². The Balaban J connectivity index is 1.56. The second kappa shape index (κ2) is 15.0. The molecule has 5 atom stereocenters. The third-order valence-electron chi connectivity index (χ3n) is 9.17. The number of amides is 2. The van der Waals surface area contributed by atoms with Gasteiger partial charge in [-0.1, -0.05) is 62.4 Å². The van der Waals surface area contributed by atoms with E-state index in [1.54, 1.807) is 27.0 Å². The first-order valence-electron chi connectivity index (χ1n) is 16.0. The maximum atomic E-state index is 13.9. The quantitative estimate of drug-likeness (QED) is 0.202. The van der Waals surface area contributed by atoms with Crippen LogP contribution in [0.3, 0.4) is 0 Å². The van der Waals surface area contributed by atoms with Crippen LogP contribution < -0.4 is 10.6 Å². The van der Waals surface area contributed by atoms with Crippen LogP contribution in [0.5, 0.6) is 0 Å². The lowest BCUT2D eigenvalue weighted by molar-refractivity contribution is -0.132. The van der Waals surface area contributed by atoms with Gasteiger partial charge in [-0.05, 0) is 63.9 Å². The molecule has 1 aromatic carbocycles. The van der Waals surface area contributed by atoms with Gasteiger partial charge in [-0.3, -0.25) is 9.59 Å². The number of rotatable bonds is 15. The van der Waals surface area contributed by atoms with E-state index in [1.807, 2.05) is 30.3 Å². The number of carbonyl (C=O) groups is 2. The van der Waals surface area contributed by atoms with Gasteiger partial charge in [0.15, 0.2) is 9.84 Å². The molecule has 2 fully saturated rings. The minimum absolute atomic E-state index is 0.0276. The van der Waals surface area contributed by atoms with Gasteiger partial charge < -0.3 is 25.8 Å². The molecule has 5 N–H and O–H groups in total. The van der Waals surface area contributed by atoms with Crippen molar-refractivity contribution < 1.29 is 28.2 Å². The number of carbonyl (C=O) groups excluding carboxylic acids is 2. The fourth-order valence-corrected chi connectivity index (χ4v) is 7.36. The number of nitrogens with one attached hydrogen (secondary N) is 3. The van der Waals surface area contributed by atoms with Crippen molar-refractivity contribution in [2.24, 2.45) is 17.8 Å². The van der Waals surface area contributed by atoms with Crippen LogP contribution in [0.15, 0.2) is 42.9 Å². The van der Waals surface area contributed by atoms with Crippen molar-refractivity contribution in [1.29, 1.82) is 0 Å². The topological polar surface area (TPSA) is 161 Å². The number of nitrogens with zero attached hydrogens (tertiary/aromatic N) is 1. The smallest absolute Gasteiger partial charge is 0.243 e. The molecule has 1 aromatic heterocycles. The molecule has 0 bridgehead atoms. The lowest BCUT2D eigenvalue weighted by Gasteiger charge is -2.33. The van der Waals surface area contributed by atoms with Gasteiger partial charge in [0, 0.05) is 18.3 Å². The highest BCUT2D eigenvalue weighted by atomic mass is 32.2. The van der Waals surface area contributed by atoms with Crippen molar-refractivity contribution in [1.82, 2.24) is 20.6 Å². The summed E-state index contributed by atoms with van der Waals surface area (Å²) < 4.78 is 25.4. The van der Waals surface area contributed by atoms with E-state index in [0.717, 1.165) is 44.1 Å². The van der Waals surface area contributed by atoms with Crippen LogP contribution in [0, 0.1) is 17.8 Å². The highest BCUT2D eigenvalue weighted by molar-refractivity contribution is 7.92. The Morgan fingerprint density at radius 1 is 0.977 bits per heavy atom. The summed E-state index contributed by atoms with van der Waals surface area (Å²) in [5.74, 6) is -1.98. The summed E-state index contributed by atoms with van der Waals surface area (Å²) in [5.41, 5.74) is 1.44. The third kappa shape index (κ3) is 9.62. The molecule has 244 valence electrons. The minimum atomic E-state index is -3.66. The molecule has 0 aliphatic heterocycles. The lowest BCUT2D eigenvalue weighted by atomic mass is 9.82. The zero-order valence-electron chi connectivity index (χ0n) is 26.2. The van der Waals surface area contributed by atoms with Gasteiger partial charge in [-0.2, -0.15) is 0 Å². The summed E-state index contributed by atoms with van der Waals surface area (Å²) in [6.45, 7) is 4.84. The Bertz CT molecular complexity index is 1300. The molecule has 2 aliphatic rings. The molecule has 0 saturated heterocycles. The van der Waals surface area contributed by atoms with Gasteiger partial charge >= 0.3 is 0 Å². The molecule has 1 heterocycles. The van der Waals surface area contributed by atoms with Crippen LogP contribution in [0.25, 0.3) is 0 Å². The number of imidazole rings is 1. The summed E-state index contributed by atoms with van der Waals surface area (Å²) in [5, 5.41) is 27.9. The van der Waals surface area contributed by atoms with Gasteiger partial charge in [0.05, 0.1) is 34.9 Å². The van der Waals surface area contributed by atoms with Crippen molar-refractivity contribution >= 4 is 21.7 Å². The predicted octanol–water partition coefficient (Wildman–Crippen LogP) is 3.10. The Morgan fingerprint density at radius 3 is 2.25 bits per heavy atom. The largest absolute Gasteiger partial charge is 0.390 e. The molecule has 10 nitrogen and oxygen atoms in total. The molecule has 0 radical (unpaired) electrons. The number of aliphatic hydroxyl groups excluding tert-OH is 2. The standard InChI is InChI=1S/C33H50N4O6S/c1-33(2,3)44(42,43)20-25(16-22-10-6-4-7-11-22)31(40)37-28(18-26-19-34-21-35-26)32(41)36-27(17-23-12-8-5-9-13-23)30(39)29(38)24-14-15-24/h4,6-7,10-11,19,21,23-25,27-30,38-39H,5,8-9,12-18,20H2,1-3H3,(H,34,35)(H,36,41)(H,37,40)/t25-,27+,28-,29+,30-/m1/s1. The molecule has 2 aromatic rings. The molecular formula is C33H50N4O6S. The average Bonchev–Trinajstić information content (AvgIpc) is 3.71. The number of hydrogen-bond donors (Lipinski definition) is 5. The third-order valence-corrected chi connectivity index (χ3v) is 11.9. The van der Waals surface area contributed by atoms with Gasteiger partial charge in [-0.15, -0.1) is 0 Å². The van der Waals surface area contributed by atoms with Crippen molar-refractivity contribution in [3.8, 4) is 0 Å². The first-order valence-corrected chi connectivity index (χ1v) is 17.7. The molecule has 2 aliphatic carbocycles. The molecule has 2 saturated carbocycles. The summed E-state index contributed by atoms with van der Waals surface area (Å²) in [6.07, 6.45) is 8.94. The van der Waals surface area contributed by atoms with E-state index in [9.17, 15) is 28.2 Å². The van der Waals surface area contributed by atoms with Crippen molar-refractivity contribution in [3.05, 3.63) is 54.1 Å². The normalized spacial score (nSPS) is 19.8. The van der Waals surface area contributed by atoms with Gasteiger partial charge in [-0.25, -0.2) is 13.4 Å². The molecular weight excluding hydrogens is 580 g/mol. The summed E-state index contributed by atoms with van der Waals surface area (Å²) in [4.78, 5) is 34.8. The Morgan fingerprint density at radius 2 is 1.66 bits per heavy atom. The predicted molar refractivity (Wildman–Crippen MR) is 169 cm³/mol. The van der Waals surface area contributed by atoms with Gasteiger partial charge in [0.2, 0.25) is 11.8 Å². The SMILES string of the molecule is CC(C)(C)S(=O)(=O)C[C@@H](Cc1ccccc1)C(=O)N[C@H](Cc1cnc[nH]1)C(=O)N[C@@H](CC1CCCCC1)[C@@H](O)[C@@H](O)C1CC1. The van der Waals surface area contributed by atoms with E-state index in [-0.39, 0.29) is 24.5 Å². The van der Waals surface area contributed by atoms with Crippen LogP contribution >= 0.6 is 0 Å². The fourth-order valence-electron chi connectivity index (χ4n) is 6.06. The molecule has 0 spiro atoms. The first-order chi connectivity index (χ1) is 20.8. The molecule has 0 unspecified atom stereocenters. The minimum Gasteiger partial charge on any atom is -0.390 e. The number of hydrogen-bond acceptors (Lipinski definition) is 7. The average molecular weight is 631 g/mol. The monoisotopic (exact) mass is 630 g/mol. The van der Waals surface area contributed by atoms with Crippen LogP contribution in [-0.2, 0) is 32.3 Å². The number of aromatic amines is 1. The fraction of sp³-hybridized carbons (Fsp3) is 0.667. The maximum Gasteiger partial charge on any atom is 0.243 e. The van der Waals surface area contributed by atoms with E-state index in [1.165, 1.54) is 12.7 Å². The summed E-state index contributed by atoms with van der Waals surface area (Å²) in [7, 11) is -3.66. The number of sulfone groups is 1. The second-order valence-corrected chi connectivity index (χ2v) is 16.6. The molecule has 4 rings (SSSR count). The maximum absolute atomic E-state index is 13.9. The van der Waals surface area contributed by atoms with Gasteiger partial charge in [0.1, 0.15) is 12.1 Å². The number of aromatic nitrogens is 2. The zero-order chi connectivity index (χ0) is 31.9. The van der Waals surface area contributed by atoms with E-state index < -0.39 is 56.6 Å². The molecule has 2 amide bonds. The Hall–Kier alpha value is -2.76. The van der Waals surface area contributed by atoms with Crippen molar-refractivity contribution in [2.45, 2.75) is 114 Å². The summed E-state index contributed by atoms with van der Waals surface area (Å²) in [6, 6.07) is 7.49. The van der Waals surface area contributed by atoms with Crippen LogP contribution in [0.2, 0.25) is 0 Å². The van der Waals surface area contributed by atoms with Crippen LogP contribution in [0.4, 0.5) is 0 Å². The van der Waals surface area contributed by atoms with E-state index in [0.29, 0.717) is 18.0 Å². The Labute approximate surface area is 261 Å². The lowest BCUT2D eigenvalue weighted by Crippen LogP contribution is -2.57. The number of aliphatic hydroxyl groups is 2. The second-order valence-electron chi connectivity index (χ2n) is 13.8. The van der Waals surface area contributed by atoms with Crippen LogP contribution in [0.1, 0.15) is 83.4 Å². The number of H-pyrrole nitrogens is 1. The molecule has 44 heavy (non-hydrogen) atoms.